The van der Waals surface area contributed by atoms with Gasteiger partial charge in [-0.2, -0.15) is 0 Å². The van der Waals surface area contributed by atoms with Gasteiger partial charge in [0.15, 0.2) is 5.69 Å². The summed E-state index contributed by atoms with van der Waals surface area (Å²) in [7, 11) is 0. The van der Waals surface area contributed by atoms with Crippen LogP contribution in [0.25, 0.3) is 0 Å². The first-order chi connectivity index (χ1) is 13.2. The van der Waals surface area contributed by atoms with Crippen LogP contribution in [0.1, 0.15) is 47.3 Å². The van der Waals surface area contributed by atoms with Gasteiger partial charge in [-0.25, -0.2) is 0 Å². The summed E-state index contributed by atoms with van der Waals surface area (Å²) in [4.78, 5) is 16.9. The topological polar surface area (TPSA) is 54.3 Å². The average Bonchev–Trinajstić information content (AvgIpc) is 3.36. The fraction of sp³-hybridized carbons (Fsp3) is 0.571. The molecule has 2 fully saturated rings. The number of nitrogens with zero attached hydrogens (tertiary/aromatic N) is 5. The largest absolute Gasteiger partial charge is 0.337 e. The zero-order valence-corrected chi connectivity index (χ0v) is 16.2. The van der Waals surface area contributed by atoms with Gasteiger partial charge in [-0.3, -0.25) is 14.4 Å². The molecule has 1 amide bonds. The molecule has 3 heterocycles. The molecule has 4 rings (SSSR count). The minimum atomic E-state index is 0.0309. The van der Waals surface area contributed by atoms with Crippen molar-refractivity contribution in [3.63, 3.8) is 0 Å². The molecule has 2 aromatic rings. The van der Waals surface area contributed by atoms with Gasteiger partial charge in [0.25, 0.3) is 5.91 Å². The Morgan fingerprint density at radius 3 is 2.67 bits per heavy atom. The van der Waals surface area contributed by atoms with Gasteiger partial charge in [0.1, 0.15) is 0 Å². The maximum atomic E-state index is 12.4. The number of amides is 1. The molecule has 2 saturated heterocycles. The van der Waals surface area contributed by atoms with Gasteiger partial charge in [0.05, 0.1) is 6.20 Å². The molecule has 27 heavy (non-hydrogen) atoms. The number of hydrogen-bond acceptors (Lipinski definition) is 4. The van der Waals surface area contributed by atoms with E-state index in [4.69, 9.17) is 0 Å². The van der Waals surface area contributed by atoms with E-state index in [2.05, 4.69) is 46.4 Å². The van der Waals surface area contributed by atoms with Crippen LogP contribution in [0.2, 0.25) is 0 Å². The van der Waals surface area contributed by atoms with E-state index < -0.39 is 0 Å². The monoisotopic (exact) mass is 367 g/mol. The molecular formula is C21H29N5O. The van der Waals surface area contributed by atoms with E-state index in [9.17, 15) is 4.79 Å². The van der Waals surface area contributed by atoms with Gasteiger partial charge < -0.3 is 4.90 Å². The summed E-state index contributed by atoms with van der Waals surface area (Å²) in [5.74, 6) is 0.587. The Hall–Kier alpha value is -2.21. The van der Waals surface area contributed by atoms with Crippen molar-refractivity contribution in [2.45, 2.75) is 45.7 Å². The third kappa shape index (κ3) is 4.56. The zero-order valence-electron chi connectivity index (χ0n) is 16.2. The zero-order chi connectivity index (χ0) is 18.6. The second kappa shape index (κ2) is 8.21. The highest BCUT2D eigenvalue weighted by atomic mass is 16.2. The van der Waals surface area contributed by atoms with Gasteiger partial charge in [0, 0.05) is 32.7 Å². The Morgan fingerprint density at radius 2 is 1.89 bits per heavy atom. The highest BCUT2D eigenvalue weighted by Crippen LogP contribution is 2.20. The van der Waals surface area contributed by atoms with E-state index in [1.54, 1.807) is 0 Å². The maximum Gasteiger partial charge on any atom is 0.276 e. The van der Waals surface area contributed by atoms with Crippen LogP contribution in [-0.4, -0.2) is 56.9 Å². The molecule has 0 aliphatic carbocycles. The molecule has 0 spiro atoms. The quantitative estimate of drug-likeness (QED) is 0.815. The summed E-state index contributed by atoms with van der Waals surface area (Å²) in [6.45, 7) is 7.90. The van der Waals surface area contributed by atoms with E-state index >= 15 is 0 Å². The molecule has 2 aliphatic heterocycles. The SMILES string of the molecule is Cc1ccc(CN2CCC[C@@H](Cn3cc(C(=O)N4CCCC4)nn3)C2)cc1. The van der Waals surface area contributed by atoms with Gasteiger partial charge >= 0.3 is 0 Å². The van der Waals surface area contributed by atoms with E-state index in [0.717, 1.165) is 52.1 Å². The van der Waals surface area contributed by atoms with Crippen molar-refractivity contribution in [1.82, 2.24) is 24.8 Å². The van der Waals surface area contributed by atoms with Crippen molar-refractivity contribution in [3.8, 4) is 0 Å². The molecule has 1 atom stereocenters. The van der Waals surface area contributed by atoms with Crippen LogP contribution >= 0.6 is 0 Å². The molecule has 0 unspecified atom stereocenters. The minimum absolute atomic E-state index is 0.0309. The van der Waals surface area contributed by atoms with Crippen molar-refractivity contribution in [3.05, 3.63) is 47.3 Å². The Kier molecular flexibility index (Phi) is 5.53. The number of aryl methyl sites for hydroxylation is 1. The lowest BCUT2D eigenvalue weighted by Gasteiger charge is -2.32. The summed E-state index contributed by atoms with van der Waals surface area (Å²) in [5, 5.41) is 8.35. The fourth-order valence-corrected chi connectivity index (χ4v) is 4.23. The average molecular weight is 367 g/mol. The lowest BCUT2D eigenvalue weighted by atomic mass is 9.97. The molecule has 2 aliphatic rings. The van der Waals surface area contributed by atoms with E-state index in [1.807, 2.05) is 15.8 Å². The predicted octanol–water partition coefficient (Wildman–Crippen LogP) is 2.73. The summed E-state index contributed by atoms with van der Waals surface area (Å²) >= 11 is 0. The second-order valence-electron chi connectivity index (χ2n) is 8.05. The van der Waals surface area contributed by atoms with Crippen molar-refractivity contribution in [1.29, 1.82) is 0 Å². The summed E-state index contributed by atoms with van der Waals surface area (Å²) in [5.41, 5.74) is 3.17. The fourth-order valence-electron chi connectivity index (χ4n) is 4.23. The van der Waals surface area contributed by atoms with Crippen LogP contribution in [0.5, 0.6) is 0 Å². The Balaban J connectivity index is 1.32. The number of rotatable bonds is 5. The first kappa shape index (κ1) is 18.2. The molecule has 144 valence electrons. The number of piperidine rings is 1. The molecule has 0 bridgehead atoms. The minimum Gasteiger partial charge on any atom is -0.337 e. The van der Waals surface area contributed by atoms with Crippen LogP contribution in [0.4, 0.5) is 0 Å². The van der Waals surface area contributed by atoms with Crippen molar-refractivity contribution in [2.24, 2.45) is 5.92 Å². The van der Waals surface area contributed by atoms with Gasteiger partial charge in [-0.15, -0.1) is 5.10 Å². The van der Waals surface area contributed by atoms with Crippen LogP contribution in [0.3, 0.4) is 0 Å². The first-order valence-corrected chi connectivity index (χ1v) is 10.1. The molecule has 1 aromatic heterocycles. The smallest absolute Gasteiger partial charge is 0.276 e. The third-order valence-electron chi connectivity index (χ3n) is 5.73. The van der Waals surface area contributed by atoms with Gasteiger partial charge in [0.2, 0.25) is 0 Å². The molecule has 6 nitrogen and oxygen atoms in total. The molecular weight excluding hydrogens is 338 g/mol. The van der Waals surface area contributed by atoms with Crippen LogP contribution in [0.15, 0.2) is 30.5 Å². The van der Waals surface area contributed by atoms with Gasteiger partial charge in [-0.1, -0.05) is 35.0 Å². The van der Waals surface area contributed by atoms with Gasteiger partial charge in [-0.05, 0) is 50.6 Å². The first-order valence-electron chi connectivity index (χ1n) is 10.1. The number of hydrogen-bond donors (Lipinski definition) is 0. The van der Waals surface area contributed by atoms with Crippen molar-refractivity contribution in [2.75, 3.05) is 26.2 Å². The van der Waals surface area contributed by atoms with Crippen molar-refractivity contribution >= 4 is 5.91 Å². The third-order valence-corrected chi connectivity index (χ3v) is 5.73. The highest BCUT2D eigenvalue weighted by Gasteiger charge is 2.24. The molecule has 0 saturated carbocycles. The van der Waals surface area contributed by atoms with Crippen LogP contribution in [-0.2, 0) is 13.1 Å². The van der Waals surface area contributed by atoms with E-state index in [-0.39, 0.29) is 5.91 Å². The van der Waals surface area contributed by atoms with E-state index in [0.29, 0.717) is 11.6 Å². The predicted molar refractivity (Wildman–Crippen MR) is 104 cm³/mol. The standard InChI is InChI=1S/C21H29N5O/c1-17-6-8-18(9-7-17)13-24-10-4-5-19(14-24)15-26-16-20(22-23-26)21(27)25-11-2-3-12-25/h6-9,16,19H,2-5,10-15H2,1H3/t19-/m1/s1. The normalized spacial score (nSPS) is 20.9. The summed E-state index contributed by atoms with van der Waals surface area (Å²) < 4.78 is 1.86. The number of carbonyl (C=O) groups is 1. The van der Waals surface area contributed by atoms with Crippen molar-refractivity contribution < 1.29 is 4.79 Å². The van der Waals surface area contributed by atoms with Crippen LogP contribution < -0.4 is 0 Å². The molecule has 6 heteroatoms. The number of carbonyl (C=O) groups excluding carboxylic acids is 1. The number of aromatic nitrogens is 3. The van der Waals surface area contributed by atoms with E-state index in [1.165, 1.54) is 24.0 Å². The molecule has 1 aromatic carbocycles. The lowest BCUT2D eigenvalue weighted by Crippen LogP contribution is -2.36. The Labute approximate surface area is 161 Å². The molecule has 0 N–H and O–H groups in total. The Bertz CT molecular complexity index is 763. The lowest BCUT2D eigenvalue weighted by molar-refractivity contribution is 0.0787. The maximum absolute atomic E-state index is 12.4. The number of likely N-dealkylation sites (tertiary alicyclic amines) is 2. The second-order valence-corrected chi connectivity index (χ2v) is 8.05. The molecule has 0 radical (unpaired) electrons. The van der Waals surface area contributed by atoms with Crippen LogP contribution in [0, 0.1) is 12.8 Å². The Morgan fingerprint density at radius 1 is 1.11 bits per heavy atom. The highest BCUT2D eigenvalue weighted by molar-refractivity contribution is 5.92. The number of benzene rings is 1. The summed E-state index contributed by atoms with van der Waals surface area (Å²) in [6, 6.07) is 8.83. The summed E-state index contributed by atoms with van der Waals surface area (Å²) in [6.07, 6.45) is 6.45.